The molecule has 1 aliphatic heterocycles. The highest BCUT2D eigenvalue weighted by Gasteiger charge is 2.35. The van der Waals surface area contributed by atoms with Gasteiger partial charge in [0.15, 0.2) is 11.5 Å². The number of nitrogens with zero attached hydrogens (tertiary/aromatic N) is 1. The zero-order valence-electron chi connectivity index (χ0n) is 20.4. The second-order valence-corrected chi connectivity index (χ2v) is 10.8. The van der Waals surface area contributed by atoms with E-state index in [0.29, 0.717) is 40.2 Å². The fraction of sp³-hybridized carbons (Fsp3) is 0.133. The molecule has 5 nitrogen and oxygen atoms in total. The molecule has 0 saturated carbocycles. The Morgan fingerprint density at radius 1 is 0.947 bits per heavy atom. The number of amides is 2. The molecule has 1 heterocycles. The fourth-order valence-electron chi connectivity index (χ4n) is 4.23. The second-order valence-electron chi connectivity index (χ2n) is 8.55. The molecule has 8 heteroatoms. The molecule has 0 atom stereocenters. The maximum atomic E-state index is 13.1. The van der Waals surface area contributed by atoms with Gasteiger partial charge >= 0.3 is 0 Å². The van der Waals surface area contributed by atoms with Crippen LogP contribution in [-0.2, 0) is 17.9 Å². The number of hydrogen-bond acceptors (Lipinski definition) is 5. The smallest absolute Gasteiger partial charge is 0.293 e. The van der Waals surface area contributed by atoms with Crippen LogP contribution in [-0.4, -0.2) is 22.7 Å². The second kappa shape index (κ2) is 11.6. The van der Waals surface area contributed by atoms with Crippen LogP contribution in [0.4, 0.5) is 4.79 Å². The van der Waals surface area contributed by atoms with Gasteiger partial charge in [-0.15, -0.1) is 0 Å². The van der Waals surface area contributed by atoms with Crippen LogP contribution in [0.3, 0.4) is 0 Å². The zero-order valence-corrected chi connectivity index (χ0v) is 23.6. The van der Waals surface area contributed by atoms with Gasteiger partial charge < -0.3 is 9.47 Å². The van der Waals surface area contributed by atoms with Crippen molar-refractivity contribution in [3.05, 3.63) is 110 Å². The van der Waals surface area contributed by atoms with Crippen LogP contribution in [0, 0.1) is 0 Å². The SMILES string of the molecule is CCOc1cc(/C=C2\SC(=O)N(Cc3ccccc3Br)C2=O)cc(Cl)c1OCc1cccc2ccccc12. The molecule has 1 fully saturated rings. The Labute approximate surface area is 238 Å². The van der Waals surface area contributed by atoms with Crippen molar-refractivity contribution in [1.82, 2.24) is 4.90 Å². The third-order valence-corrected chi connectivity index (χ3v) is 8.00. The standard InChI is InChI=1S/C30H23BrClNO4S/c1-2-36-26-15-19(16-27-29(34)33(30(35)38-27)17-21-9-4-6-13-24(21)31)14-25(32)28(26)37-18-22-11-7-10-20-8-3-5-12-23(20)22/h3-16H,2,17-18H2,1H3/b27-16-. The molecule has 2 amide bonds. The van der Waals surface area contributed by atoms with Crippen LogP contribution in [0.2, 0.25) is 5.02 Å². The summed E-state index contributed by atoms with van der Waals surface area (Å²) in [6, 6.07) is 25.2. The van der Waals surface area contributed by atoms with Crippen LogP contribution >= 0.6 is 39.3 Å². The highest BCUT2D eigenvalue weighted by molar-refractivity contribution is 9.10. The van der Waals surface area contributed by atoms with E-state index in [2.05, 4.69) is 34.1 Å². The number of halogens is 2. The molecule has 192 valence electrons. The first-order chi connectivity index (χ1) is 18.4. The molecular weight excluding hydrogens is 586 g/mol. The van der Waals surface area contributed by atoms with Gasteiger partial charge in [-0.2, -0.15) is 0 Å². The van der Waals surface area contributed by atoms with E-state index >= 15 is 0 Å². The number of imide groups is 1. The van der Waals surface area contributed by atoms with E-state index in [0.717, 1.165) is 38.1 Å². The monoisotopic (exact) mass is 607 g/mol. The first-order valence-corrected chi connectivity index (χ1v) is 14.0. The largest absolute Gasteiger partial charge is 0.490 e. The molecule has 1 aliphatic rings. The zero-order chi connectivity index (χ0) is 26.6. The van der Waals surface area contributed by atoms with Gasteiger partial charge in [0.05, 0.1) is 23.1 Å². The lowest BCUT2D eigenvalue weighted by Crippen LogP contribution is -2.27. The number of carbonyl (C=O) groups is 2. The number of benzene rings is 4. The predicted octanol–water partition coefficient (Wildman–Crippen LogP) is 8.47. The Bertz CT molecular complexity index is 1570. The molecule has 1 saturated heterocycles. The van der Waals surface area contributed by atoms with E-state index in [1.54, 1.807) is 18.2 Å². The molecule has 0 radical (unpaired) electrons. The summed E-state index contributed by atoms with van der Waals surface area (Å²) < 4.78 is 12.8. The molecule has 0 unspecified atom stereocenters. The molecule has 4 aromatic rings. The van der Waals surface area contributed by atoms with Crippen molar-refractivity contribution in [3.63, 3.8) is 0 Å². The normalized spacial score (nSPS) is 14.5. The molecule has 0 bridgehead atoms. The highest BCUT2D eigenvalue weighted by atomic mass is 79.9. The van der Waals surface area contributed by atoms with Gasteiger partial charge in [-0.1, -0.05) is 88.2 Å². The number of thioether (sulfide) groups is 1. The van der Waals surface area contributed by atoms with Crippen molar-refractivity contribution < 1.29 is 19.1 Å². The van der Waals surface area contributed by atoms with Crippen molar-refractivity contribution in [2.24, 2.45) is 0 Å². The van der Waals surface area contributed by atoms with Gasteiger partial charge in [0.1, 0.15) is 6.61 Å². The van der Waals surface area contributed by atoms with E-state index in [4.69, 9.17) is 21.1 Å². The first kappa shape index (κ1) is 26.4. The third-order valence-electron chi connectivity index (χ3n) is 6.04. The minimum Gasteiger partial charge on any atom is -0.490 e. The first-order valence-electron chi connectivity index (χ1n) is 12.0. The summed E-state index contributed by atoms with van der Waals surface area (Å²) in [7, 11) is 0. The van der Waals surface area contributed by atoms with Crippen molar-refractivity contribution >= 4 is 67.3 Å². The summed E-state index contributed by atoms with van der Waals surface area (Å²) in [6.07, 6.45) is 1.66. The summed E-state index contributed by atoms with van der Waals surface area (Å²) in [4.78, 5) is 27.3. The van der Waals surface area contributed by atoms with Gasteiger partial charge in [0.25, 0.3) is 11.1 Å². The van der Waals surface area contributed by atoms with E-state index in [9.17, 15) is 9.59 Å². The maximum absolute atomic E-state index is 13.1. The Hall–Kier alpha value is -3.26. The van der Waals surface area contributed by atoms with E-state index in [1.807, 2.05) is 55.5 Å². The molecule has 5 rings (SSSR count). The van der Waals surface area contributed by atoms with Gasteiger partial charge in [-0.25, -0.2) is 0 Å². The fourth-order valence-corrected chi connectivity index (χ4v) is 5.75. The third kappa shape index (κ3) is 5.60. The lowest BCUT2D eigenvalue weighted by atomic mass is 10.1. The molecule has 0 spiro atoms. The number of hydrogen-bond donors (Lipinski definition) is 0. The Balaban J connectivity index is 1.39. The number of carbonyl (C=O) groups excluding carboxylic acids is 2. The Morgan fingerprint density at radius 3 is 2.50 bits per heavy atom. The quantitative estimate of drug-likeness (QED) is 0.188. The van der Waals surface area contributed by atoms with Gasteiger partial charge in [-0.05, 0) is 70.4 Å². The van der Waals surface area contributed by atoms with Gasteiger partial charge in [-0.3, -0.25) is 14.5 Å². The summed E-state index contributed by atoms with van der Waals surface area (Å²) in [6.45, 7) is 2.79. The number of fused-ring (bicyclic) bond motifs is 1. The number of ether oxygens (including phenoxy) is 2. The Morgan fingerprint density at radius 2 is 1.68 bits per heavy atom. The van der Waals surface area contributed by atoms with Crippen molar-refractivity contribution in [2.75, 3.05) is 6.61 Å². The molecule has 0 aromatic heterocycles. The van der Waals surface area contributed by atoms with E-state index in [-0.39, 0.29) is 17.7 Å². The van der Waals surface area contributed by atoms with Crippen LogP contribution in [0.25, 0.3) is 16.8 Å². The average Bonchev–Trinajstić information content (AvgIpc) is 3.17. The average molecular weight is 609 g/mol. The van der Waals surface area contributed by atoms with Crippen molar-refractivity contribution in [1.29, 1.82) is 0 Å². The lowest BCUT2D eigenvalue weighted by Gasteiger charge is -2.15. The minimum absolute atomic E-state index is 0.190. The topological polar surface area (TPSA) is 55.8 Å². The van der Waals surface area contributed by atoms with Crippen molar-refractivity contribution in [2.45, 2.75) is 20.1 Å². The maximum Gasteiger partial charge on any atom is 0.293 e. The lowest BCUT2D eigenvalue weighted by molar-refractivity contribution is -0.123. The van der Waals surface area contributed by atoms with Gasteiger partial charge in [0.2, 0.25) is 0 Å². The summed E-state index contributed by atoms with van der Waals surface area (Å²) in [5.74, 6) is 0.556. The molecule has 0 N–H and O–H groups in total. The Kier molecular flexibility index (Phi) is 8.07. The van der Waals surface area contributed by atoms with Crippen LogP contribution in [0.5, 0.6) is 11.5 Å². The summed E-state index contributed by atoms with van der Waals surface area (Å²) in [5.41, 5.74) is 2.53. The van der Waals surface area contributed by atoms with Crippen LogP contribution < -0.4 is 9.47 Å². The van der Waals surface area contributed by atoms with Gasteiger partial charge in [0, 0.05) is 4.47 Å². The predicted molar refractivity (Wildman–Crippen MR) is 157 cm³/mol. The molecule has 38 heavy (non-hydrogen) atoms. The minimum atomic E-state index is -0.346. The highest BCUT2D eigenvalue weighted by Crippen LogP contribution is 2.40. The number of rotatable bonds is 8. The van der Waals surface area contributed by atoms with E-state index in [1.165, 1.54) is 4.90 Å². The summed E-state index contributed by atoms with van der Waals surface area (Å²) >= 11 is 11.0. The van der Waals surface area contributed by atoms with Crippen LogP contribution in [0.15, 0.2) is 88.2 Å². The molecule has 4 aromatic carbocycles. The molecule has 0 aliphatic carbocycles. The summed E-state index contributed by atoms with van der Waals surface area (Å²) in [5, 5.41) is 2.28. The van der Waals surface area contributed by atoms with E-state index < -0.39 is 0 Å². The van der Waals surface area contributed by atoms with Crippen molar-refractivity contribution in [3.8, 4) is 11.5 Å². The van der Waals surface area contributed by atoms with Crippen LogP contribution in [0.1, 0.15) is 23.6 Å². The molecular formula is C30H23BrClNO4S.